The maximum atomic E-state index is 12.0. The summed E-state index contributed by atoms with van der Waals surface area (Å²) in [5, 5.41) is 2.79. The summed E-state index contributed by atoms with van der Waals surface area (Å²) < 4.78 is 10.3. The van der Waals surface area contributed by atoms with Gasteiger partial charge in [-0.3, -0.25) is 4.79 Å². The van der Waals surface area contributed by atoms with Crippen molar-refractivity contribution in [1.29, 1.82) is 0 Å². The van der Waals surface area contributed by atoms with Crippen LogP contribution in [0.2, 0.25) is 0 Å². The van der Waals surface area contributed by atoms with Crippen molar-refractivity contribution >= 4 is 5.91 Å². The molecule has 1 heterocycles. The van der Waals surface area contributed by atoms with Gasteiger partial charge in [-0.25, -0.2) is 0 Å². The number of nitrogens with one attached hydrogen (secondary N) is 1. The normalized spacial score (nSPS) is 12.4. The molecule has 23 heavy (non-hydrogen) atoms. The van der Waals surface area contributed by atoms with E-state index in [2.05, 4.69) is 31.3 Å². The Morgan fingerprint density at radius 2 is 1.83 bits per heavy atom. The Morgan fingerprint density at radius 3 is 2.43 bits per heavy atom. The topological polar surface area (TPSA) is 77.5 Å². The number of carbonyl (C=O) groups is 1. The Balaban J connectivity index is 1.89. The van der Waals surface area contributed by atoms with Crippen molar-refractivity contribution in [2.75, 3.05) is 13.7 Å². The molecule has 2 rings (SSSR count). The van der Waals surface area contributed by atoms with Gasteiger partial charge in [-0.05, 0) is 29.2 Å². The molecular weight excluding hydrogens is 292 g/mol. The molecule has 0 aliphatic rings. The minimum absolute atomic E-state index is 0.256. The predicted molar refractivity (Wildman–Crippen MR) is 89.2 cm³/mol. The highest BCUT2D eigenvalue weighted by Crippen LogP contribution is 2.17. The molecule has 1 unspecified atom stereocenters. The van der Waals surface area contributed by atoms with Crippen LogP contribution < -0.4 is 11.1 Å². The fourth-order valence-electron chi connectivity index (χ4n) is 2.26. The van der Waals surface area contributed by atoms with E-state index in [1.807, 2.05) is 12.1 Å². The van der Waals surface area contributed by atoms with Crippen LogP contribution in [0.15, 0.2) is 40.8 Å². The fourth-order valence-corrected chi connectivity index (χ4v) is 2.26. The van der Waals surface area contributed by atoms with Gasteiger partial charge >= 0.3 is 0 Å². The highest BCUT2D eigenvalue weighted by atomic mass is 16.5. The molecule has 0 aliphatic carbocycles. The summed E-state index contributed by atoms with van der Waals surface area (Å²) in [6.07, 6.45) is 0. The number of methoxy groups -OCH3 is 1. The Kier molecular flexibility index (Phi) is 5.96. The SMILES string of the molecule is COCc1ccc(C(=O)NCC(N)c2ccc(C(C)C)cc2)o1. The molecule has 3 N–H and O–H groups in total. The highest BCUT2D eigenvalue weighted by Gasteiger charge is 2.13. The molecule has 0 aliphatic heterocycles. The van der Waals surface area contributed by atoms with Gasteiger partial charge < -0.3 is 20.2 Å². The lowest BCUT2D eigenvalue weighted by Crippen LogP contribution is -2.31. The first-order chi connectivity index (χ1) is 11.0. The zero-order valence-corrected chi connectivity index (χ0v) is 13.8. The first-order valence-electron chi connectivity index (χ1n) is 7.72. The van der Waals surface area contributed by atoms with Crippen LogP contribution in [0.3, 0.4) is 0 Å². The van der Waals surface area contributed by atoms with E-state index in [0.717, 1.165) is 5.56 Å². The first-order valence-corrected chi connectivity index (χ1v) is 7.72. The van der Waals surface area contributed by atoms with E-state index >= 15 is 0 Å². The van der Waals surface area contributed by atoms with Gasteiger partial charge in [-0.15, -0.1) is 0 Å². The van der Waals surface area contributed by atoms with Gasteiger partial charge in [0.2, 0.25) is 0 Å². The maximum absolute atomic E-state index is 12.0. The summed E-state index contributed by atoms with van der Waals surface area (Å²) in [5.41, 5.74) is 8.40. The molecule has 0 spiro atoms. The summed E-state index contributed by atoms with van der Waals surface area (Å²) in [7, 11) is 1.58. The van der Waals surface area contributed by atoms with Crippen LogP contribution >= 0.6 is 0 Å². The van der Waals surface area contributed by atoms with Crippen molar-refractivity contribution in [2.45, 2.75) is 32.4 Å². The summed E-state index contributed by atoms with van der Waals surface area (Å²) in [5.74, 6) is 1.09. The van der Waals surface area contributed by atoms with Gasteiger partial charge in [0.1, 0.15) is 12.4 Å². The van der Waals surface area contributed by atoms with E-state index in [4.69, 9.17) is 14.9 Å². The second-order valence-electron chi connectivity index (χ2n) is 5.84. The number of hydrogen-bond donors (Lipinski definition) is 2. The third-order valence-electron chi connectivity index (χ3n) is 3.69. The van der Waals surface area contributed by atoms with E-state index in [0.29, 0.717) is 24.8 Å². The lowest BCUT2D eigenvalue weighted by Gasteiger charge is -2.14. The molecule has 2 aromatic rings. The molecule has 0 radical (unpaired) electrons. The number of ether oxygens (including phenoxy) is 1. The van der Waals surface area contributed by atoms with Crippen molar-refractivity contribution in [1.82, 2.24) is 5.32 Å². The van der Waals surface area contributed by atoms with Crippen LogP contribution in [0.1, 0.15) is 53.2 Å². The lowest BCUT2D eigenvalue weighted by atomic mass is 9.99. The fraction of sp³-hybridized carbons (Fsp3) is 0.389. The molecule has 5 nitrogen and oxygen atoms in total. The predicted octanol–water partition coefficient (Wildman–Crippen LogP) is 2.98. The molecule has 0 saturated carbocycles. The first kappa shape index (κ1) is 17.2. The van der Waals surface area contributed by atoms with Gasteiger partial charge in [0, 0.05) is 19.7 Å². The number of benzene rings is 1. The maximum Gasteiger partial charge on any atom is 0.287 e. The zero-order chi connectivity index (χ0) is 16.8. The van der Waals surface area contributed by atoms with Gasteiger partial charge in [0.25, 0.3) is 5.91 Å². The highest BCUT2D eigenvalue weighted by molar-refractivity contribution is 5.91. The van der Waals surface area contributed by atoms with Crippen LogP contribution in [-0.4, -0.2) is 19.6 Å². The quantitative estimate of drug-likeness (QED) is 0.823. The van der Waals surface area contributed by atoms with Gasteiger partial charge in [0.15, 0.2) is 5.76 Å². The van der Waals surface area contributed by atoms with Gasteiger partial charge in [-0.2, -0.15) is 0 Å². The van der Waals surface area contributed by atoms with Crippen molar-refractivity contribution in [2.24, 2.45) is 5.73 Å². The molecule has 124 valence electrons. The third kappa shape index (κ3) is 4.68. The third-order valence-corrected chi connectivity index (χ3v) is 3.69. The second-order valence-corrected chi connectivity index (χ2v) is 5.84. The van der Waals surface area contributed by atoms with E-state index in [1.165, 1.54) is 5.56 Å². The average Bonchev–Trinajstić information content (AvgIpc) is 3.01. The molecule has 0 bridgehead atoms. The summed E-state index contributed by atoms with van der Waals surface area (Å²) in [6, 6.07) is 11.3. The summed E-state index contributed by atoms with van der Waals surface area (Å²) in [6.45, 7) is 4.99. The lowest BCUT2D eigenvalue weighted by molar-refractivity contribution is 0.0914. The molecular formula is C18H24N2O3. The van der Waals surface area contributed by atoms with E-state index < -0.39 is 0 Å². The van der Waals surface area contributed by atoms with Crippen LogP contribution in [0, 0.1) is 0 Å². The van der Waals surface area contributed by atoms with Crippen molar-refractivity contribution < 1.29 is 13.9 Å². The largest absolute Gasteiger partial charge is 0.453 e. The van der Waals surface area contributed by atoms with Crippen LogP contribution in [0.5, 0.6) is 0 Å². The van der Waals surface area contributed by atoms with Crippen LogP contribution in [0.4, 0.5) is 0 Å². The second kappa shape index (κ2) is 7.94. The molecule has 1 atom stereocenters. The molecule has 5 heteroatoms. The van der Waals surface area contributed by atoms with Crippen molar-refractivity contribution in [3.05, 3.63) is 59.0 Å². The number of nitrogens with two attached hydrogens (primary N) is 1. The number of carbonyl (C=O) groups excluding carboxylic acids is 1. The molecule has 1 aromatic carbocycles. The zero-order valence-electron chi connectivity index (χ0n) is 13.8. The Hall–Kier alpha value is -2.11. The minimum atomic E-state index is -0.276. The van der Waals surface area contributed by atoms with Crippen LogP contribution in [-0.2, 0) is 11.3 Å². The van der Waals surface area contributed by atoms with Crippen LogP contribution in [0.25, 0.3) is 0 Å². The van der Waals surface area contributed by atoms with E-state index in [-0.39, 0.29) is 17.7 Å². The number of furan rings is 1. The Labute approximate surface area is 136 Å². The minimum Gasteiger partial charge on any atom is -0.453 e. The van der Waals surface area contributed by atoms with Gasteiger partial charge in [-0.1, -0.05) is 38.1 Å². The summed E-state index contributed by atoms with van der Waals surface area (Å²) >= 11 is 0. The van der Waals surface area contributed by atoms with Gasteiger partial charge in [0.05, 0.1) is 0 Å². The molecule has 1 amide bonds. The number of rotatable bonds is 7. The molecule has 1 aromatic heterocycles. The van der Waals surface area contributed by atoms with Crippen molar-refractivity contribution in [3.63, 3.8) is 0 Å². The monoisotopic (exact) mass is 316 g/mol. The molecule has 0 fully saturated rings. The standard InChI is InChI=1S/C18H24N2O3/c1-12(2)13-4-6-14(7-5-13)16(19)10-20-18(21)17-9-8-15(23-17)11-22-3/h4-9,12,16H,10-11,19H2,1-3H3,(H,20,21). The number of hydrogen-bond acceptors (Lipinski definition) is 4. The number of amides is 1. The Bertz CT molecular complexity index is 632. The average molecular weight is 316 g/mol. The smallest absolute Gasteiger partial charge is 0.287 e. The van der Waals surface area contributed by atoms with E-state index in [1.54, 1.807) is 19.2 Å². The summed E-state index contributed by atoms with van der Waals surface area (Å²) in [4.78, 5) is 12.0. The molecule has 0 saturated heterocycles. The Morgan fingerprint density at radius 1 is 1.17 bits per heavy atom. The van der Waals surface area contributed by atoms with E-state index in [9.17, 15) is 4.79 Å². The van der Waals surface area contributed by atoms with Crippen molar-refractivity contribution in [3.8, 4) is 0 Å².